The number of phosphoric ester groups is 2. The molecule has 0 aliphatic carbocycles. The van der Waals surface area contributed by atoms with Gasteiger partial charge in [0.05, 0.1) is 26.4 Å². The van der Waals surface area contributed by atoms with E-state index in [1.54, 1.807) is 0 Å². The van der Waals surface area contributed by atoms with Crippen molar-refractivity contribution < 1.29 is 80.2 Å². The van der Waals surface area contributed by atoms with Crippen LogP contribution in [-0.2, 0) is 65.4 Å². The van der Waals surface area contributed by atoms with Gasteiger partial charge < -0.3 is 33.8 Å². The van der Waals surface area contributed by atoms with E-state index in [4.69, 9.17) is 37.0 Å². The summed E-state index contributed by atoms with van der Waals surface area (Å²) in [6, 6.07) is 0. The fourth-order valence-electron chi connectivity index (χ4n) is 9.68. The van der Waals surface area contributed by atoms with Crippen molar-refractivity contribution in [3.63, 3.8) is 0 Å². The van der Waals surface area contributed by atoms with E-state index in [-0.39, 0.29) is 25.7 Å². The second-order valence-electron chi connectivity index (χ2n) is 24.2. The number of phosphoric acid groups is 2. The number of hydrogen-bond acceptors (Lipinski definition) is 15. The van der Waals surface area contributed by atoms with Crippen LogP contribution in [0.1, 0.15) is 324 Å². The number of unbranched alkanes of at least 4 members (excludes halogenated alkanes) is 33. The summed E-state index contributed by atoms with van der Waals surface area (Å²) < 4.78 is 68.0. The Hall–Kier alpha value is -1.94. The molecule has 498 valence electrons. The number of aliphatic hydroxyl groups is 1. The van der Waals surface area contributed by atoms with Crippen molar-refractivity contribution in [2.24, 2.45) is 11.8 Å². The lowest BCUT2D eigenvalue weighted by molar-refractivity contribution is -0.161. The highest BCUT2D eigenvalue weighted by molar-refractivity contribution is 7.47. The lowest BCUT2D eigenvalue weighted by atomic mass is 9.99. The number of carbonyl (C=O) groups is 4. The SMILES string of the molecule is CCCCCCCCCCCCCCC(=O)OC[C@H](COP(=O)(O)OC[C@@H](O)COP(=O)(O)OC[C@@H](COC(=O)CCCCCCCCC(C)C)OC(=O)CCCCCCCCCCCCC)OC(=O)CCCCCCCCCCC(C)CC. The quantitative estimate of drug-likeness (QED) is 0.0222. The highest BCUT2D eigenvalue weighted by atomic mass is 31.2. The number of carbonyl (C=O) groups excluding carboxylic acids is 4. The Bertz CT molecular complexity index is 1650. The molecule has 0 amide bonds. The van der Waals surface area contributed by atoms with Gasteiger partial charge in [-0.2, -0.15) is 0 Å². The van der Waals surface area contributed by atoms with Crippen molar-refractivity contribution in [2.45, 2.75) is 342 Å². The molecule has 0 spiro atoms. The zero-order chi connectivity index (χ0) is 62.2. The Labute approximate surface area is 511 Å². The van der Waals surface area contributed by atoms with E-state index in [2.05, 4.69) is 41.5 Å². The van der Waals surface area contributed by atoms with Gasteiger partial charge in [0.15, 0.2) is 12.2 Å². The molecule has 0 aromatic rings. The van der Waals surface area contributed by atoms with Crippen LogP contribution in [0.2, 0.25) is 0 Å². The maximum atomic E-state index is 13.0. The van der Waals surface area contributed by atoms with Gasteiger partial charge in [-0.15, -0.1) is 0 Å². The van der Waals surface area contributed by atoms with Gasteiger partial charge in [0.1, 0.15) is 19.3 Å². The highest BCUT2D eigenvalue weighted by Gasteiger charge is 2.30. The van der Waals surface area contributed by atoms with E-state index in [1.807, 2.05) is 0 Å². The first-order chi connectivity index (χ1) is 40.4. The Balaban J connectivity index is 5.25. The molecule has 0 aromatic carbocycles. The summed E-state index contributed by atoms with van der Waals surface area (Å²) in [6.45, 7) is 9.42. The van der Waals surface area contributed by atoms with E-state index in [0.29, 0.717) is 31.6 Å². The van der Waals surface area contributed by atoms with Crippen LogP contribution in [0.25, 0.3) is 0 Å². The predicted molar refractivity (Wildman–Crippen MR) is 335 cm³/mol. The standard InChI is InChI=1S/C65H126O17P2/c1-7-10-12-14-16-18-20-22-23-28-35-41-47-62(67)75-53-60(82-65(70)50-44-38-30-26-25-27-34-40-46-58(6)9-3)55-79-83(71,72)77-51-59(66)52-78-84(73,74)80-56-61(54-76-63(68)48-42-36-32-31-33-39-45-57(4)5)81-64(69)49-43-37-29-24-21-19-17-15-13-11-8-2/h57-61,66H,7-56H2,1-6H3,(H,71,72)(H,73,74)/t58?,59-,60-,61-/m1/s1. The lowest BCUT2D eigenvalue weighted by Crippen LogP contribution is -2.30. The predicted octanol–water partition coefficient (Wildman–Crippen LogP) is 18.0. The van der Waals surface area contributed by atoms with Gasteiger partial charge in [0.2, 0.25) is 0 Å². The lowest BCUT2D eigenvalue weighted by Gasteiger charge is -2.21. The molecule has 0 rings (SSSR count). The second kappa shape index (κ2) is 57.5. The van der Waals surface area contributed by atoms with E-state index < -0.39 is 97.5 Å². The molecule has 0 heterocycles. The van der Waals surface area contributed by atoms with E-state index in [0.717, 1.165) is 102 Å². The minimum Gasteiger partial charge on any atom is -0.462 e. The molecule has 0 aliphatic rings. The molecular weight excluding hydrogens is 1110 g/mol. The van der Waals surface area contributed by atoms with Crippen molar-refractivity contribution in [1.82, 2.24) is 0 Å². The molecule has 0 saturated carbocycles. The molecule has 0 saturated heterocycles. The van der Waals surface area contributed by atoms with Crippen molar-refractivity contribution in [3.05, 3.63) is 0 Å². The molecule has 3 N–H and O–H groups in total. The largest absolute Gasteiger partial charge is 0.472 e. The Morgan fingerprint density at radius 3 is 0.905 bits per heavy atom. The van der Waals surface area contributed by atoms with Crippen LogP contribution in [-0.4, -0.2) is 96.7 Å². The highest BCUT2D eigenvalue weighted by Crippen LogP contribution is 2.45. The van der Waals surface area contributed by atoms with Gasteiger partial charge in [-0.05, 0) is 37.5 Å². The third kappa shape index (κ3) is 57.8. The molecule has 17 nitrogen and oxygen atoms in total. The summed E-state index contributed by atoms with van der Waals surface area (Å²) in [6.07, 6.45) is 40.3. The third-order valence-electron chi connectivity index (χ3n) is 15.3. The van der Waals surface area contributed by atoms with E-state index in [1.165, 1.54) is 135 Å². The van der Waals surface area contributed by atoms with Crippen LogP contribution >= 0.6 is 15.6 Å². The zero-order valence-electron chi connectivity index (χ0n) is 54.2. The van der Waals surface area contributed by atoms with Crippen LogP contribution in [0.15, 0.2) is 0 Å². The maximum absolute atomic E-state index is 13.0. The van der Waals surface area contributed by atoms with Gasteiger partial charge in [0.25, 0.3) is 0 Å². The van der Waals surface area contributed by atoms with E-state index in [9.17, 15) is 43.2 Å². The van der Waals surface area contributed by atoms with Crippen molar-refractivity contribution >= 4 is 39.5 Å². The molecule has 6 atom stereocenters. The molecule has 3 unspecified atom stereocenters. The summed E-state index contributed by atoms with van der Waals surface area (Å²) in [4.78, 5) is 72.2. The number of aliphatic hydroxyl groups excluding tert-OH is 1. The molecule has 0 bridgehead atoms. The zero-order valence-corrected chi connectivity index (χ0v) is 56.0. The van der Waals surface area contributed by atoms with Gasteiger partial charge in [-0.3, -0.25) is 37.3 Å². The Kier molecular flexibility index (Phi) is 56.2. The van der Waals surface area contributed by atoms with Crippen molar-refractivity contribution in [2.75, 3.05) is 39.6 Å². The minimum atomic E-state index is -4.95. The summed E-state index contributed by atoms with van der Waals surface area (Å²) in [5.74, 6) is -0.684. The molecular formula is C65H126O17P2. The first-order valence-corrected chi connectivity index (χ1v) is 37.0. The fourth-order valence-corrected chi connectivity index (χ4v) is 11.3. The Morgan fingerprint density at radius 1 is 0.345 bits per heavy atom. The Morgan fingerprint density at radius 2 is 0.607 bits per heavy atom. The molecule has 0 aromatic heterocycles. The van der Waals surface area contributed by atoms with Crippen LogP contribution in [0, 0.1) is 11.8 Å². The average Bonchev–Trinajstić information content (AvgIpc) is 3.52. The van der Waals surface area contributed by atoms with Crippen LogP contribution < -0.4 is 0 Å². The van der Waals surface area contributed by atoms with Gasteiger partial charge >= 0.3 is 39.5 Å². The third-order valence-corrected chi connectivity index (χ3v) is 17.2. The van der Waals surface area contributed by atoms with Crippen LogP contribution in [0.5, 0.6) is 0 Å². The minimum absolute atomic E-state index is 0.105. The normalized spacial score (nSPS) is 14.6. The molecule has 0 fully saturated rings. The number of ether oxygens (including phenoxy) is 4. The first-order valence-electron chi connectivity index (χ1n) is 34.0. The smallest absolute Gasteiger partial charge is 0.462 e. The number of hydrogen-bond donors (Lipinski definition) is 3. The number of esters is 4. The fraction of sp³-hybridized carbons (Fsp3) is 0.938. The summed E-state index contributed by atoms with van der Waals surface area (Å²) in [5, 5.41) is 10.5. The average molecular weight is 1240 g/mol. The van der Waals surface area contributed by atoms with Crippen molar-refractivity contribution in [1.29, 1.82) is 0 Å². The summed E-state index contributed by atoms with van der Waals surface area (Å²) in [5.41, 5.74) is 0. The second-order valence-corrected chi connectivity index (χ2v) is 27.1. The molecule has 84 heavy (non-hydrogen) atoms. The van der Waals surface area contributed by atoms with Crippen LogP contribution in [0.3, 0.4) is 0 Å². The topological polar surface area (TPSA) is 237 Å². The summed E-state index contributed by atoms with van der Waals surface area (Å²) in [7, 11) is -9.89. The number of rotatable bonds is 64. The first kappa shape index (κ1) is 82.1. The summed E-state index contributed by atoms with van der Waals surface area (Å²) >= 11 is 0. The molecule has 0 radical (unpaired) electrons. The monoisotopic (exact) mass is 1240 g/mol. The molecule has 19 heteroatoms. The molecule has 0 aliphatic heterocycles. The van der Waals surface area contributed by atoms with E-state index >= 15 is 0 Å². The van der Waals surface area contributed by atoms with Crippen LogP contribution in [0.4, 0.5) is 0 Å². The van der Waals surface area contributed by atoms with Gasteiger partial charge in [0, 0.05) is 25.7 Å². The van der Waals surface area contributed by atoms with Crippen molar-refractivity contribution in [3.8, 4) is 0 Å². The van der Waals surface area contributed by atoms with Gasteiger partial charge in [-0.1, -0.05) is 273 Å². The van der Waals surface area contributed by atoms with Gasteiger partial charge in [-0.25, -0.2) is 9.13 Å². The maximum Gasteiger partial charge on any atom is 0.472 e.